The van der Waals surface area contributed by atoms with Crippen LogP contribution >= 0.6 is 12.4 Å². The number of unbranched alkanes of at least 4 members (excludes halogenated alkanes) is 1. The normalized spacial score (nSPS) is 10.6. The lowest BCUT2D eigenvalue weighted by atomic mass is 10.3. The topological polar surface area (TPSA) is 73.6 Å². The predicted molar refractivity (Wildman–Crippen MR) is 82.0 cm³/mol. The summed E-state index contributed by atoms with van der Waals surface area (Å²) < 4.78 is 46.3. The maximum absolute atomic E-state index is 12.2. The molecule has 1 aromatic rings. The third-order valence-electron chi connectivity index (χ3n) is 2.55. The van der Waals surface area contributed by atoms with Crippen molar-refractivity contribution < 1.29 is 27.4 Å². The monoisotopic (exact) mass is 356 g/mol. The summed E-state index contributed by atoms with van der Waals surface area (Å²) in [7, 11) is 0. The van der Waals surface area contributed by atoms with E-state index in [0.717, 1.165) is 12.8 Å². The molecule has 0 aliphatic heterocycles. The molecule has 0 fully saturated rings. The minimum absolute atomic E-state index is 0. The van der Waals surface area contributed by atoms with Crippen LogP contribution in [0.25, 0.3) is 0 Å². The fourth-order valence-electron chi connectivity index (χ4n) is 1.54. The van der Waals surface area contributed by atoms with E-state index in [4.69, 9.17) is 10.5 Å². The van der Waals surface area contributed by atoms with Crippen LogP contribution in [0.15, 0.2) is 24.3 Å². The first-order valence-corrected chi connectivity index (χ1v) is 6.80. The molecule has 5 nitrogen and oxygen atoms in total. The highest BCUT2D eigenvalue weighted by atomic mass is 35.5. The van der Waals surface area contributed by atoms with Crippen LogP contribution in [0.3, 0.4) is 0 Å². The van der Waals surface area contributed by atoms with Crippen LogP contribution in [0.1, 0.15) is 12.8 Å². The summed E-state index contributed by atoms with van der Waals surface area (Å²) in [5.41, 5.74) is 5.32. The van der Waals surface area contributed by atoms with E-state index in [2.05, 4.69) is 10.1 Å². The molecule has 1 amide bonds. The first kappa shape index (κ1) is 21.3. The molecule has 0 unspecified atom stereocenters. The van der Waals surface area contributed by atoms with Crippen molar-refractivity contribution in [1.82, 2.24) is 5.32 Å². The van der Waals surface area contributed by atoms with Gasteiger partial charge in [0.1, 0.15) is 0 Å². The molecule has 3 N–H and O–H groups in total. The molecule has 0 saturated heterocycles. The van der Waals surface area contributed by atoms with Crippen molar-refractivity contribution in [3.05, 3.63) is 24.3 Å². The Labute approximate surface area is 138 Å². The van der Waals surface area contributed by atoms with E-state index in [-0.39, 0.29) is 36.4 Å². The van der Waals surface area contributed by atoms with Gasteiger partial charge in [-0.1, -0.05) is 12.1 Å². The Kier molecular flexibility index (Phi) is 10.2. The fourth-order valence-corrected chi connectivity index (χ4v) is 1.54. The number of alkyl halides is 3. The zero-order valence-electron chi connectivity index (χ0n) is 12.4. The SMILES string of the molecule is Cl.NCCCCNC(=O)COc1ccccc1OCC(F)(F)F. The molecule has 0 aliphatic rings. The molecule has 0 radical (unpaired) electrons. The molecule has 1 rings (SSSR count). The van der Waals surface area contributed by atoms with Gasteiger partial charge in [0.05, 0.1) is 0 Å². The van der Waals surface area contributed by atoms with E-state index in [1.54, 1.807) is 6.07 Å². The highest BCUT2D eigenvalue weighted by Gasteiger charge is 2.28. The molecular weight excluding hydrogens is 337 g/mol. The number of rotatable bonds is 9. The van der Waals surface area contributed by atoms with Gasteiger partial charge in [0.25, 0.3) is 5.91 Å². The molecule has 0 aliphatic carbocycles. The van der Waals surface area contributed by atoms with E-state index in [9.17, 15) is 18.0 Å². The summed E-state index contributed by atoms with van der Waals surface area (Å²) in [6.45, 7) is -0.685. The van der Waals surface area contributed by atoms with Crippen LogP contribution in [0, 0.1) is 0 Å². The highest BCUT2D eigenvalue weighted by Crippen LogP contribution is 2.28. The van der Waals surface area contributed by atoms with Crippen LogP contribution in [0.4, 0.5) is 13.2 Å². The number of carbonyl (C=O) groups is 1. The molecular formula is C14H20ClF3N2O3. The number of hydrogen-bond acceptors (Lipinski definition) is 4. The Hall–Kier alpha value is -1.67. The Balaban J connectivity index is 0.00000484. The smallest absolute Gasteiger partial charge is 0.422 e. The number of ether oxygens (including phenoxy) is 2. The van der Waals surface area contributed by atoms with Crippen molar-refractivity contribution in [2.24, 2.45) is 5.73 Å². The van der Waals surface area contributed by atoms with Gasteiger partial charge in [-0.25, -0.2) is 0 Å². The summed E-state index contributed by atoms with van der Waals surface area (Å²) in [4.78, 5) is 11.5. The zero-order valence-corrected chi connectivity index (χ0v) is 13.2. The van der Waals surface area contributed by atoms with Gasteiger partial charge in [-0.15, -0.1) is 12.4 Å². The van der Waals surface area contributed by atoms with E-state index < -0.39 is 12.8 Å². The maximum atomic E-state index is 12.2. The molecule has 9 heteroatoms. The minimum atomic E-state index is -4.44. The summed E-state index contributed by atoms with van der Waals surface area (Å²) in [6, 6.07) is 5.88. The van der Waals surface area contributed by atoms with Crippen molar-refractivity contribution in [2.45, 2.75) is 19.0 Å². The molecule has 0 bridgehead atoms. The minimum Gasteiger partial charge on any atom is -0.480 e. The lowest BCUT2D eigenvalue weighted by molar-refractivity contribution is -0.153. The van der Waals surface area contributed by atoms with Gasteiger partial charge in [0.15, 0.2) is 24.7 Å². The van der Waals surface area contributed by atoms with Gasteiger partial charge in [-0.2, -0.15) is 13.2 Å². The highest BCUT2D eigenvalue weighted by molar-refractivity contribution is 5.85. The second kappa shape index (κ2) is 11.0. The first-order valence-electron chi connectivity index (χ1n) is 6.80. The van der Waals surface area contributed by atoms with Gasteiger partial charge in [-0.05, 0) is 31.5 Å². The number of halogens is 4. The van der Waals surface area contributed by atoms with E-state index in [1.807, 2.05) is 0 Å². The Morgan fingerprint density at radius 3 is 2.30 bits per heavy atom. The van der Waals surface area contributed by atoms with E-state index in [1.165, 1.54) is 18.2 Å². The molecule has 0 spiro atoms. The largest absolute Gasteiger partial charge is 0.480 e. The number of nitrogens with one attached hydrogen (secondary N) is 1. The van der Waals surface area contributed by atoms with Crippen molar-refractivity contribution in [1.29, 1.82) is 0 Å². The number of carbonyl (C=O) groups excluding carboxylic acids is 1. The van der Waals surface area contributed by atoms with Crippen LogP contribution in [-0.4, -0.2) is 38.4 Å². The Bertz CT molecular complexity index is 473. The van der Waals surface area contributed by atoms with Crippen molar-refractivity contribution >= 4 is 18.3 Å². The third-order valence-corrected chi connectivity index (χ3v) is 2.55. The molecule has 0 heterocycles. The van der Waals surface area contributed by atoms with Crippen LogP contribution in [0.5, 0.6) is 11.5 Å². The second-order valence-corrected chi connectivity index (χ2v) is 4.48. The predicted octanol–water partition coefficient (Wildman–Crippen LogP) is 2.28. The molecule has 1 aromatic carbocycles. The quantitative estimate of drug-likeness (QED) is 0.666. The Morgan fingerprint density at radius 1 is 1.13 bits per heavy atom. The zero-order chi connectivity index (χ0) is 16.4. The summed E-state index contributed by atoms with van der Waals surface area (Å²) in [5.74, 6) is -0.331. The van der Waals surface area contributed by atoms with Crippen molar-refractivity contribution in [3.63, 3.8) is 0 Å². The van der Waals surface area contributed by atoms with Gasteiger partial charge < -0.3 is 20.5 Å². The molecule has 23 heavy (non-hydrogen) atoms. The summed E-state index contributed by atoms with van der Waals surface area (Å²) >= 11 is 0. The number of benzene rings is 1. The summed E-state index contributed by atoms with van der Waals surface area (Å²) in [6.07, 6.45) is -2.88. The lowest BCUT2D eigenvalue weighted by Crippen LogP contribution is -2.30. The van der Waals surface area contributed by atoms with Gasteiger partial charge in [-0.3, -0.25) is 4.79 Å². The lowest BCUT2D eigenvalue weighted by Gasteiger charge is -2.13. The number of para-hydroxylation sites is 2. The van der Waals surface area contributed by atoms with E-state index in [0.29, 0.717) is 13.1 Å². The molecule has 0 saturated carbocycles. The van der Waals surface area contributed by atoms with Crippen LogP contribution in [-0.2, 0) is 4.79 Å². The van der Waals surface area contributed by atoms with Gasteiger partial charge in [0.2, 0.25) is 0 Å². The number of nitrogens with two attached hydrogens (primary N) is 1. The van der Waals surface area contributed by atoms with Crippen LogP contribution < -0.4 is 20.5 Å². The summed E-state index contributed by atoms with van der Waals surface area (Å²) in [5, 5.41) is 2.62. The number of hydrogen-bond donors (Lipinski definition) is 2. The standard InChI is InChI=1S/C14H19F3N2O3.ClH/c15-14(16,17)10-22-12-6-2-1-5-11(12)21-9-13(20)19-8-4-3-7-18;/h1-2,5-6H,3-4,7-10,18H2,(H,19,20);1H. The van der Waals surface area contributed by atoms with Crippen molar-refractivity contribution in [2.75, 3.05) is 26.3 Å². The average Bonchev–Trinajstić information content (AvgIpc) is 2.47. The van der Waals surface area contributed by atoms with Gasteiger partial charge >= 0.3 is 6.18 Å². The molecule has 132 valence electrons. The van der Waals surface area contributed by atoms with Crippen molar-refractivity contribution in [3.8, 4) is 11.5 Å². The fraction of sp³-hybridized carbons (Fsp3) is 0.500. The maximum Gasteiger partial charge on any atom is 0.422 e. The van der Waals surface area contributed by atoms with Crippen LogP contribution in [0.2, 0.25) is 0 Å². The third kappa shape index (κ3) is 9.85. The first-order chi connectivity index (χ1) is 10.4. The molecule has 0 atom stereocenters. The Morgan fingerprint density at radius 2 is 1.74 bits per heavy atom. The van der Waals surface area contributed by atoms with Gasteiger partial charge in [0, 0.05) is 6.54 Å². The molecule has 0 aromatic heterocycles. The second-order valence-electron chi connectivity index (χ2n) is 4.48. The van der Waals surface area contributed by atoms with E-state index >= 15 is 0 Å². The number of amides is 1. The average molecular weight is 357 g/mol.